The smallest absolute Gasteiger partial charge is 0.311 e. The third-order valence-corrected chi connectivity index (χ3v) is 4.43. The second-order valence-corrected chi connectivity index (χ2v) is 5.61. The minimum Gasteiger partial charge on any atom is -0.481 e. The van der Waals surface area contributed by atoms with Gasteiger partial charge in [0, 0.05) is 18.7 Å². The van der Waals surface area contributed by atoms with Crippen LogP contribution in [0, 0.1) is 5.41 Å². The van der Waals surface area contributed by atoms with Crippen molar-refractivity contribution in [1.29, 1.82) is 0 Å². The minimum atomic E-state index is -0.810. The molecular formula is C16H22N2O3. The highest BCUT2D eigenvalue weighted by atomic mass is 16.4. The van der Waals surface area contributed by atoms with Crippen molar-refractivity contribution in [2.75, 3.05) is 19.6 Å². The Kier molecular flexibility index (Phi) is 4.63. The predicted octanol–water partition coefficient (Wildman–Crippen LogP) is 1.51. The molecule has 21 heavy (non-hydrogen) atoms. The van der Waals surface area contributed by atoms with Gasteiger partial charge in [-0.3, -0.25) is 9.59 Å². The van der Waals surface area contributed by atoms with Gasteiger partial charge < -0.3 is 15.7 Å². The molecule has 1 fully saturated rings. The molecule has 1 atom stereocenters. The van der Waals surface area contributed by atoms with E-state index < -0.39 is 11.4 Å². The maximum absolute atomic E-state index is 12.7. The highest BCUT2D eigenvalue weighted by Gasteiger charge is 2.44. The van der Waals surface area contributed by atoms with Crippen molar-refractivity contribution in [3.05, 3.63) is 35.4 Å². The van der Waals surface area contributed by atoms with Crippen LogP contribution in [0.25, 0.3) is 0 Å². The van der Waals surface area contributed by atoms with Crippen LogP contribution in [0.4, 0.5) is 0 Å². The number of aliphatic carboxylic acids is 1. The summed E-state index contributed by atoms with van der Waals surface area (Å²) in [5, 5.41) is 9.42. The summed E-state index contributed by atoms with van der Waals surface area (Å²) in [4.78, 5) is 25.8. The quantitative estimate of drug-likeness (QED) is 0.861. The Morgan fingerprint density at radius 1 is 1.38 bits per heavy atom. The second kappa shape index (κ2) is 6.26. The molecule has 1 amide bonds. The van der Waals surface area contributed by atoms with E-state index in [4.69, 9.17) is 5.73 Å². The summed E-state index contributed by atoms with van der Waals surface area (Å²) in [6.45, 7) is 3.13. The van der Waals surface area contributed by atoms with Gasteiger partial charge in [-0.25, -0.2) is 0 Å². The predicted molar refractivity (Wildman–Crippen MR) is 80.1 cm³/mol. The van der Waals surface area contributed by atoms with Gasteiger partial charge in [0.1, 0.15) is 0 Å². The maximum Gasteiger partial charge on any atom is 0.311 e. The standard InChI is InChI=1S/C16H22N2O3/c1-2-16(15(20)21)8-10-18(11-16)14(19)13-6-4-3-5-12(13)7-9-17/h3-6H,2,7-11,17H2,1H3,(H,20,21). The van der Waals surface area contributed by atoms with E-state index >= 15 is 0 Å². The zero-order valence-corrected chi connectivity index (χ0v) is 12.3. The van der Waals surface area contributed by atoms with Gasteiger partial charge in [0.15, 0.2) is 0 Å². The van der Waals surface area contributed by atoms with Crippen molar-refractivity contribution >= 4 is 11.9 Å². The Hall–Kier alpha value is -1.88. The van der Waals surface area contributed by atoms with Gasteiger partial charge in [-0.05, 0) is 37.4 Å². The number of likely N-dealkylation sites (tertiary alicyclic amines) is 1. The van der Waals surface area contributed by atoms with Crippen molar-refractivity contribution in [2.24, 2.45) is 11.1 Å². The fourth-order valence-electron chi connectivity index (χ4n) is 2.93. The lowest BCUT2D eigenvalue weighted by Crippen LogP contribution is -2.36. The average molecular weight is 290 g/mol. The van der Waals surface area contributed by atoms with E-state index in [1.165, 1.54) is 0 Å². The van der Waals surface area contributed by atoms with Gasteiger partial charge in [0.2, 0.25) is 0 Å². The van der Waals surface area contributed by atoms with Crippen LogP contribution in [-0.2, 0) is 11.2 Å². The first-order valence-electron chi connectivity index (χ1n) is 7.34. The van der Waals surface area contributed by atoms with E-state index in [9.17, 15) is 14.7 Å². The summed E-state index contributed by atoms with van der Waals surface area (Å²) in [5.41, 5.74) is 6.36. The number of rotatable bonds is 5. The molecule has 2 rings (SSSR count). The van der Waals surface area contributed by atoms with Crippen molar-refractivity contribution in [3.8, 4) is 0 Å². The summed E-state index contributed by atoms with van der Waals surface area (Å²) >= 11 is 0. The molecule has 5 heteroatoms. The van der Waals surface area contributed by atoms with Crippen molar-refractivity contribution in [1.82, 2.24) is 4.90 Å². The Morgan fingerprint density at radius 3 is 2.67 bits per heavy atom. The summed E-state index contributed by atoms with van der Waals surface area (Å²) in [5.74, 6) is -0.897. The first-order chi connectivity index (χ1) is 10.0. The average Bonchev–Trinajstić information content (AvgIpc) is 2.93. The number of nitrogens with two attached hydrogens (primary N) is 1. The SMILES string of the molecule is CCC1(C(=O)O)CCN(C(=O)c2ccccc2CCN)C1. The van der Waals surface area contributed by atoms with Crippen LogP contribution >= 0.6 is 0 Å². The lowest BCUT2D eigenvalue weighted by molar-refractivity contribution is -0.148. The van der Waals surface area contributed by atoms with E-state index in [1.54, 1.807) is 11.0 Å². The number of hydrogen-bond acceptors (Lipinski definition) is 3. The van der Waals surface area contributed by atoms with E-state index in [2.05, 4.69) is 0 Å². The molecular weight excluding hydrogens is 268 g/mol. The van der Waals surface area contributed by atoms with E-state index in [1.807, 2.05) is 25.1 Å². The number of nitrogens with zero attached hydrogens (tertiary/aromatic N) is 1. The van der Waals surface area contributed by atoms with E-state index in [0.717, 1.165) is 5.56 Å². The molecule has 1 aliphatic rings. The lowest BCUT2D eigenvalue weighted by Gasteiger charge is -2.23. The zero-order chi connectivity index (χ0) is 15.5. The molecule has 1 aromatic carbocycles. The Morgan fingerprint density at radius 2 is 2.10 bits per heavy atom. The highest BCUT2D eigenvalue weighted by Crippen LogP contribution is 2.35. The number of carbonyl (C=O) groups excluding carboxylic acids is 1. The monoisotopic (exact) mass is 290 g/mol. The molecule has 0 saturated carbocycles. The van der Waals surface area contributed by atoms with Crippen molar-refractivity contribution in [3.63, 3.8) is 0 Å². The molecule has 1 aromatic rings. The third kappa shape index (κ3) is 2.93. The highest BCUT2D eigenvalue weighted by molar-refractivity contribution is 5.96. The largest absolute Gasteiger partial charge is 0.481 e. The molecule has 0 aromatic heterocycles. The van der Waals surface area contributed by atoms with Gasteiger partial charge in [-0.1, -0.05) is 25.1 Å². The topological polar surface area (TPSA) is 83.6 Å². The fourth-order valence-corrected chi connectivity index (χ4v) is 2.93. The molecule has 0 radical (unpaired) electrons. The lowest BCUT2D eigenvalue weighted by atomic mass is 9.84. The summed E-state index contributed by atoms with van der Waals surface area (Å²) < 4.78 is 0. The first-order valence-corrected chi connectivity index (χ1v) is 7.34. The molecule has 0 bridgehead atoms. The van der Waals surface area contributed by atoms with Crippen LogP contribution in [0.15, 0.2) is 24.3 Å². The zero-order valence-electron chi connectivity index (χ0n) is 12.3. The third-order valence-electron chi connectivity index (χ3n) is 4.43. The minimum absolute atomic E-state index is 0.0874. The number of carbonyl (C=O) groups is 2. The van der Waals surface area contributed by atoms with Gasteiger partial charge in [-0.15, -0.1) is 0 Å². The molecule has 1 saturated heterocycles. The van der Waals surface area contributed by atoms with E-state index in [-0.39, 0.29) is 12.5 Å². The van der Waals surface area contributed by atoms with Crippen LogP contribution in [0.5, 0.6) is 0 Å². The van der Waals surface area contributed by atoms with E-state index in [0.29, 0.717) is 37.9 Å². The summed E-state index contributed by atoms with van der Waals surface area (Å²) in [7, 11) is 0. The van der Waals surface area contributed by atoms with Crippen LogP contribution in [-0.4, -0.2) is 41.5 Å². The number of carboxylic acids is 1. The Bertz CT molecular complexity index is 544. The van der Waals surface area contributed by atoms with Gasteiger partial charge >= 0.3 is 5.97 Å². The van der Waals surface area contributed by atoms with Crippen LogP contribution in [0.2, 0.25) is 0 Å². The number of carboxylic acid groups (broad SMARTS) is 1. The molecule has 1 heterocycles. The first kappa shape index (κ1) is 15.5. The molecule has 5 nitrogen and oxygen atoms in total. The van der Waals surface area contributed by atoms with Crippen LogP contribution in [0.3, 0.4) is 0 Å². The van der Waals surface area contributed by atoms with Gasteiger partial charge in [-0.2, -0.15) is 0 Å². The molecule has 0 spiro atoms. The maximum atomic E-state index is 12.7. The van der Waals surface area contributed by atoms with Gasteiger partial charge in [0.25, 0.3) is 5.91 Å². The molecule has 1 aliphatic heterocycles. The second-order valence-electron chi connectivity index (χ2n) is 5.61. The number of amides is 1. The molecule has 3 N–H and O–H groups in total. The molecule has 114 valence electrons. The number of benzene rings is 1. The van der Waals surface area contributed by atoms with Crippen LogP contribution in [0.1, 0.15) is 35.7 Å². The van der Waals surface area contributed by atoms with Crippen molar-refractivity contribution in [2.45, 2.75) is 26.2 Å². The Labute approximate surface area is 124 Å². The molecule has 0 aliphatic carbocycles. The number of hydrogen-bond donors (Lipinski definition) is 2. The van der Waals surface area contributed by atoms with Gasteiger partial charge in [0.05, 0.1) is 5.41 Å². The van der Waals surface area contributed by atoms with Crippen molar-refractivity contribution < 1.29 is 14.7 Å². The normalized spacial score (nSPS) is 21.5. The summed E-state index contributed by atoms with van der Waals surface area (Å²) in [6, 6.07) is 7.41. The molecule has 1 unspecified atom stereocenters. The Balaban J connectivity index is 2.21. The summed E-state index contributed by atoms with van der Waals surface area (Å²) in [6.07, 6.45) is 1.70. The van der Waals surface area contributed by atoms with Crippen LogP contribution < -0.4 is 5.73 Å². The fraction of sp³-hybridized carbons (Fsp3) is 0.500.